The van der Waals surface area contributed by atoms with E-state index in [1.165, 1.54) is 5.56 Å². The van der Waals surface area contributed by atoms with Crippen LogP contribution in [0.3, 0.4) is 0 Å². The molecule has 0 aliphatic carbocycles. The number of anilines is 1. The number of pyridine rings is 1. The number of rotatable bonds is 4. The van der Waals surface area contributed by atoms with Gasteiger partial charge in [0.2, 0.25) is 0 Å². The van der Waals surface area contributed by atoms with Gasteiger partial charge in [0.15, 0.2) is 0 Å². The molecule has 0 saturated carbocycles. The summed E-state index contributed by atoms with van der Waals surface area (Å²) in [7, 11) is 1.69. The number of ether oxygens (including phenoxy) is 1. The van der Waals surface area contributed by atoms with Crippen LogP contribution < -0.4 is 11.3 Å². The van der Waals surface area contributed by atoms with Crippen molar-refractivity contribution in [2.24, 2.45) is 5.84 Å². The van der Waals surface area contributed by atoms with Gasteiger partial charge in [-0.05, 0) is 12.8 Å². The van der Waals surface area contributed by atoms with Crippen LogP contribution in [0.5, 0.6) is 0 Å². The summed E-state index contributed by atoms with van der Waals surface area (Å²) in [4.78, 5) is 4.75. The zero-order valence-electron chi connectivity index (χ0n) is 11.9. The highest BCUT2D eigenvalue weighted by Gasteiger charge is 2.16. The normalized spacial score (nSPS) is 11.3. The summed E-state index contributed by atoms with van der Waals surface area (Å²) in [6.07, 6.45) is 0. The second kappa shape index (κ2) is 5.55. The molecular formula is C15H21N3O. The van der Waals surface area contributed by atoms with Crippen molar-refractivity contribution in [3.05, 3.63) is 35.0 Å². The first-order valence-electron chi connectivity index (χ1n) is 6.47. The van der Waals surface area contributed by atoms with E-state index in [1.54, 1.807) is 7.11 Å². The smallest absolute Gasteiger partial charge is 0.0781 e. The highest BCUT2D eigenvalue weighted by atomic mass is 16.5. The number of hydrazine groups is 1. The molecule has 0 aliphatic heterocycles. The summed E-state index contributed by atoms with van der Waals surface area (Å²) in [6.45, 7) is 6.87. The number of nitrogen functional groups attached to an aromatic ring is 1. The topological polar surface area (TPSA) is 60.2 Å². The Hall–Kier alpha value is -1.65. The standard InChI is InChI=1S/C15H21N3O/c1-9(2)13-10(3)17-14-11(8-19-4)6-5-7-12(14)15(13)18-16/h5-7,9H,8,16H2,1-4H3,(H,17,18). The fourth-order valence-corrected chi connectivity index (χ4v) is 2.61. The van der Waals surface area contributed by atoms with Crippen molar-refractivity contribution in [3.8, 4) is 0 Å². The van der Waals surface area contributed by atoms with E-state index in [-0.39, 0.29) is 0 Å². The minimum absolute atomic E-state index is 0.369. The molecule has 0 aliphatic rings. The Kier molecular flexibility index (Phi) is 4.02. The number of aryl methyl sites for hydroxylation is 1. The molecule has 0 unspecified atom stereocenters. The van der Waals surface area contributed by atoms with E-state index in [4.69, 9.17) is 15.6 Å². The molecule has 3 N–H and O–H groups in total. The van der Waals surface area contributed by atoms with E-state index in [0.717, 1.165) is 27.8 Å². The zero-order chi connectivity index (χ0) is 14.0. The third-order valence-corrected chi connectivity index (χ3v) is 3.35. The third-order valence-electron chi connectivity index (χ3n) is 3.35. The maximum Gasteiger partial charge on any atom is 0.0781 e. The molecule has 0 bridgehead atoms. The lowest BCUT2D eigenvalue weighted by molar-refractivity contribution is 0.186. The second-order valence-corrected chi connectivity index (χ2v) is 5.03. The zero-order valence-corrected chi connectivity index (χ0v) is 11.9. The number of para-hydroxylation sites is 1. The average molecular weight is 259 g/mol. The van der Waals surface area contributed by atoms with Crippen molar-refractivity contribution in [1.29, 1.82) is 0 Å². The number of hydrogen-bond donors (Lipinski definition) is 2. The highest BCUT2D eigenvalue weighted by Crippen LogP contribution is 2.34. The Morgan fingerprint density at radius 3 is 2.68 bits per heavy atom. The molecule has 2 rings (SSSR count). The summed E-state index contributed by atoms with van der Waals surface area (Å²) in [5.74, 6) is 6.11. The number of nitrogens with two attached hydrogens (primary N) is 1. The van der Waals surface area contributed by atoms with Gasteiger partial charge in [-0.1, -0.05) is 32.0 Å². The maximum absolute atomic E-state index is 5.74. The first kappa shape index (κ1) is 13.8. The van der Waals surface area contributed by atoms with Gasteiger partial charge >= 0.3 is 0 Å². The Bertz CT molecular complexity index is 593. The average Bonchev–Trinajstić information content (AvgIpc) is 2.38. The Labute approximate surface area is 113 Å². The molecule has 102 valence electrons. The van der Waals surface area contributed by atoms with Gasteiger partial charge < -0.3 is 10.2 Å². The van der Waals surface area contributed by atoms with Crippen molar-refractivity contribution < 1.29 is 4.74 Å². The largest absolute Gasteiger partial charge is 0.380 e. The monoisotopic (exact) mass is 259 g/mol. The molecule has 0 atom stereocenters. The van der Waals surface area contributed by atoms with Crippen molar-refractivity contribution >= 4 is 16.6 Å². The van der Waals surface area contributed by atoms with Gasteiger partial charge in [0.1, 0.15) is 0 Å². The van der Waals surface area contributed by atoms with Crippen LogP contribution in [0.4, 0.5) is 5.69 Å². The Morgan fingerprint density at radius 1 is 1.37 bits per heavy atom. The summed E-state index contributed by atoms with van der Waals surface area (Å²) in [6, 6.07) is 6.09. The molecule has 19 heavy (non-hydrogen) atoms. The summed E-state index contributed by atoms with van der Waals surface area (Å²) in [5.41, 5.74) is 8.04. The van der Waals surface area contributed by atoms with Gasteiger partial charge in [-0.25, -0.2) is 0 Å². The second-order valence-electron chi connectivity index (χ2n) is 5.03. The SMILES string of the molecule is COCc1cccc2c(NN)c(C(C)C)c(C)nc12. The van der Waals surface area contributed by atoms with E-state index in [2.05, 4.69) is 19.3 Å². The van der Waals surface area contributed by atoms with Crippen LogP contribution in [0.15, 0.2) is 18.2 Å². The number of aromatic nitrogens is 1. The van der Waals surface area contributed by atoms with E-state index in [1.807, 2.05) is 25.1 Å². The van der Waals surface area contributed by atoms with Gasteiger partial charge in [-0.2, -0.15) is 0 Å². The molecular weight excluding hydrogens is 238 g/mol. The minimum atomic E-state index is 0.369. The predicted molar refractivity (Wildman–Crippen MR) is 79.1 cm³/mol. The summed E-state index contributed by atoms with van der Waals surface area (Å²) >= 11 is 0. The third kappa shape index (κ3) is 2.41. The summed E-state index contributed by atoms with van der Waals surface area (Å²) < 4.78 is 5.24. The van der Waals surface area contributed by atoms with Crippen LogP contribution in [0.1, 0.15) is 36.6 Å². The fourth-order valence-electron chi connectivity index (χ4n) is 2.61. The van der Waals surface area contributed by atoms with Gasteiger partial charge in [0.25, 0.3) is 0 Å². The van der Waals surface area contributed by atoms with Crippen LogP contribution in [-0.4, -0.2) is 12.1 Å². The number of nitrogens with zero attached hydrogens (tertiary/aromatic N) is 1. The predicted octanol–water partition coefficient (Wildman–Crippen LogP) is 3.10. The highest BCUT2D eigenvalue weighted by molar-refractivity contribution is 5.95. The Balaban J connectivity index is 2.80. The number of methoxy groups -OCH3 is 1. The molecule has 0 spiro atoms. The molecule has 1 heterocycles. The Morgan fingerprint density at radius 2 is 2.11 bits per heavy atom. The van der Waals surface area contributed by atoms with E-state index < -0.39 is 0 Å². The first-order valence-corrected chi connectivity index (χ1v) is 6.47. The number of fused-ring (bicyclic) bond motifs is 1. The maximum atomic E-state index is 5.74. The molecule has 4 heteroatoms. The van der Waals surface area contributed by atoms with Gasteiger partial charge in [0, 0.05) is 29.3 Å². The van der Waals surface area contributed by atoms with Crippen LogP contribution in [-0.2, 0) is 11.3 Å². The number of benzene rings is 1. The molecule has 0 radical (unpaired) electrons. The van der Waals surface area contributed by atoms with Crippen molar-refractivity contribution in [1.82, 2.24) is 4.98 Å². The molecule has 2 aromatic rings. The van der Waals surface area contributed by atoms with Crippen LogP contribution in [0.2, 0.25) is 0 Å². The lowest BCUT2D eigenvalue weighted by Crippen LogP contribution is -2.13. The molecule has 0 saturated heterocycles. The molecule has 1 aromatic heterocycles. The molecule has 1 aromatic carbocycles. The van der Waals surface area contributed by atoms with Crippen LogP contribution in [0, 0.1) is 6.92 Å². The van der Waals surface area contributed by atoms with E-state index in [0.29, 0.717) is 12.5 Å². The minimum Gasteiger partial charge on any atom is -0.380 e. The first-order chi connectivity index (χ1) is 9.10. The molecule has 0 amide bonds. The van der Waals surface area contributed by atoms with E-state index in [9.17, 15) is 0 Å². The quantitative estimate of drug-likeness (QED) is 0.654. The van der Waals surface area contributed by atoms with Gasteiger partial charge in [-0.15, -0.1) is 0 Å². The number of hydrogen-bond acceptors (Lipinski definition) is 4. The van der Waals surface area contributed by atoms with Gasteiger partial charge in [-0.3, -0.25) is 10.8 Å². The lowest BCUT2D eigenvalue weighted by Gasteiger charge is -2.18. The van der Waals surface area contributed by atoms with Crippen molar-refractivity contribution in [3.63, 3.8) is 0 Å². The lowest BCUT2D eigenvalue weighted by atomic mass is 9.96. The molecule has 4 nitrogen and oxygen atoms in total. The van der Waals surface area contributed by atoms with Gasteiger partial charge in [0.05, 0.1) is 17.8 Å². The van der Waals surface area contributed by atoms with E-state index >= 15 is 0 Å². The van der Waals surface area contributed by atoms with Crippen LogP contribution in [0.25, 0.3) is 10.9 Å². The fraction of sp³-hybridized carbons (Fsp3) is 0.400. The number of nitrogens with one attached hydrogen (secondary N) is 1. The van der Waals surface area contributed by atoms with Crippen molar-refractivity contribution in [2.75, 3.05) is 12.5 Å². The summed E-state index contributed by atoms with van der Waals surface area (Å²) in [5, 5.41) is 1.05. The van der Waals surface area contributed by atoms with Crippen LogP contribution >= 0.6 is 0 Å². The van der Waals surface area contributed by atoms with Crippen molar-refractivity contribution in [2.45, 2.75) is 33.3 Å². The molecule has 0 fully saturated rings.